The molecule has 0 spiro atoms. The summed E-state index contributed by atoms with van der Waals surface area (Å²) in [4.78, 5) is 12.3. The van der Waals surface area contributed by atoms with Crippen LogP contribution < -0.4 is 0 Å². The molecule has 0 saturated heterocycles. The SMILES string of the molecule is CCCC(=O)c1snnc1CCC. The molecule has 1 aromatic rings. The van der Waals surface area contributed by atoms with Crippen LogP contribution in [0.5, 0.6) is 0 Å². The Morgan fingerprint density at radius 3 is 2.77 bits per heavy atom. The molecule has 0 fully saturated rings. The van der Waals surface area contributed by atoms with Crippen molar-refractivity contribution in [2.24, 2.45) is 0 Å². The highest BCUT2D eigenvalue weighted by atomic mass is 32.1. The van der Waals surface area contributed by atoms with Crippen LogP contribution in [-0.2, 0) is 6.42 Å². The Morgan fingerprint density at radius 2 is 2.15 bits per heavy atom. The highest BCUT2D eigenvalue weighted by molar-refractivity contribution is 7.08. The van der Waals surface area contributed by atoms with Gasteiger partial charge in [0, 0.05) is 6.42 Å². The van der Waals surface area contributed by atoms with Crippen molar-refractivity contribution in [2.75, 3.05) is 0 Å². The molecule has 13 heavy (non-hydrogen) atoms. The third-order valence-corrected chi connectivity index (χ3v) is 2.58. The predicted octanol–water partition coefficient (Wildman–Crippen LogP) is 2.47. The van der Waals surface area contributed by atoms with Gasteiger partial charge in [-0.2, -0.15) is 0 Å². The van der Waals surface area contributed by atoms with Crippen molar-refractivity contribution in [1.29, 1.82) is 0 Å². The van der Waals surface area contributed by atoms with Crippen LogP contribution in [-0.4, -0.2) is 15.4 Å². The summed E-state index contributed by atoms with van der Waals surface area (Å²) in [5.41, 5.74) is 0.881. The molecule has 3 nitrogen and oxygen atoms in total. The van der Waals surface area contributed by atoms with E-state index in [0.717, 1.165) is 29.8 Å². The summed E-state index contributed by atoms with van der Waals surface area (Å²) in [6.07, 6.45) is 3.38. The molecule has 0 aliphatic rings. The summed E-state index contributed by atoms with van der Waals surface area (Å²) >= 11 is 1.23. The molecule has 0 amide bonds. The molecule has 0 bridgehead atoms. The van der Waals surface area contributed by atoms with Gasteiger partial charge in [-0.25, -0.2) is 0 Å². The van der Waals surface area contributed by atoms with Crippen molar-refractivity contribution in [1.82, 2.24) is 9.59 Å². The number of ketones is 1. The minimum Gasteiger partial charge on any atom is -0.293 e. The number of nitrogens with zero attached hydrogens (tertiary/aromatic N) is 2. The number of aryl methyl sites for hydroxylation is 1. The molecule has 0 aliphatic heterocycles. The van der Waals surface area contributed by atoms with Gasteiger partial charge < -0.3 is 0 Å². The van der Waals surface area contributed by atoms with E-state index >= 15 is 0 Å². The summed E-state index contributed by atoms with van der Waals surface area (Å²) in [6.45, 7) is 4.08. The van der Waals surface area contributed by atoms with E-state index in [1.54, 1.807) is 0 Å². The van der Waals surface area contributed by atoms with Crippen LogP contribution >= 0.6 is 11.5 Å². The average molecular weight is 198 g/mol. The van der Waals surface area contributed by atoms with Gasteiger partial charge >= 0.3 is 0 Å². The first-order chi connectivity index (χ1) is 6.29. The molecule has 72 valence electrons. The Hall–Kier alpha value is -0.770. The molecule has 0 aliphatic carbocycles. The highest BCUT2D eigenvalue weighted by Crippen LogP contribution is 2.15. The van der Waals surface area contributed by atoms with E-state index in [4.69, 9.17) is 0 Å². The smallest absolute Gasteiger partial charge is 0.176 e. The number of Topliss-reactive ketones (excluding diaryl/α,β-unsaturated/α-hetero) is 1. The maximum atomic E-state index is 11.5. The van der Waals surface area contributed by atoms with E-state index in [1.165, 1.54) is 11.5 Å². The normalized spacial score (nSPS) is 10.3. The van der Waals surface area contributed by atoms with Gasteiger partial charge in [-0.3, -0.25) is 4.79 Å². The van der Waals surface area contributed by atoms with Crippen molar-refractivity contribution in [3.05, 3.63) is 10.6 Å². The second-order valence-corrected chi connectivity index (χ2v) is 3.73. The Bertz CT molecular complexity index is 283. The molecule has 1 aromatic heterocycles. The topological polar surface area (TPSA) is 42.9 Å². The summed E-state index contributed by atoms with van der Waals surface area (Å²) in [6, 6.07) is 0. The molecule has 1 heterocycles. The predicted molar refractivity (Wildman–Crippen MR) is 53.1 cm³/mol. The lowest BCUT2D eigenvalue weighted by atomic mass is 10.1. The molecule has 1 rings (SSSR count). The molecule has 0 aromatic carbocycles. The lowest BCUT2D eigenvalue weighted by molar-refractivity contribution is 0.0984. The van der Waals surface area contributed by atoms with Gasteiger partial charge in [0.15, 0.2) is 5.78 Å². The molecule has 0 radical (unpaired) electrons. The van der Waals surface area contributed by atoms with Gasteiger partial charge in [0.1, 0.15) is 4.88 Å². The number of carbonyl (C=O) groups is 1. The van der Waals surface area contributed by atoms with Crippen LogP contribution in [0.4, 0.5) is 0 Å². The fourth-order valence-electron chi connectivity index (χ4n) is 1.16. The van der Waals surface area contributed by atoms with Crippen molar-refractivity contribution < 1.29 is 4.79 Å². The molecule has 0 unspecified atom stereocenters. The van der Waals surface area contributed by atoms with E-state index in [0.29, 0.717) is 6.42 Å². The number of hydrogen-bond donors (Lipinski definition) is 0. The van der Waals surface area contributed by atoms with Gasteiger partial charge in [-0.15, -0.1) is 5.10 Å². The maximum Gasteiger partial charge on any atom is 0.176 e. The Balaban J connectivity index is 2.74. The van der Waals surface area contributed by atoms with Crippen LogP contribution in [0.1, 0.15) is 48.5 Å². The maximum absolute atomic E-state index is 11.5. The largest absolute Gasteiger partial charge is 0.293 e. The monoisotopic (exact) mass is 198 g/mol. The van der Waals surface area contributed by atoms with E-state index in [-0.39, 0.29) is 5.78 Å². The summed E-state index contributed by atoms with van der Waals surface area (Å²) in [5.74, 6) is 0.195. The standard InChI is InChI=1S/C9H14N2OS/c1-3-5-7-9(13-11-10-7)8(12)6-4-2/h3-6H2,1-2H3. The third-order valence-electron chi connectivity index (χ3n) is 1.77. The van der Waals surface area contributed by atoms with Crippen LogP contribution in [0.3, 0.4) is 0 Å². The fourth-order valence-corrected chi connectivity index (χ4v) is 1.83. The van der Waals surface area contributed by atoms with Crippen LogP contribution in [0, 0.1) is 0 Å². The highest BCUT2D eigenvalue weighted by Gasteiger charge is 2.13. The van der Waals surface area contributed by atoms with Crippen LogP contribution in [0.15, 0.2) is 0 Å². The number of hydrogen-bond acceptors (Lipinski definition) is 4. The first-order valence-corrected chi connectivity index (χ1v) is 5.41. The summed E-state index contributed by atoms with van der Waals surface area (Å²) in [7, 11) is 0. The van der Waals surface area contributed by atoms with Crippen molar-refractivity contribution >= 4 is 17.3 Å². The lowest BCUT2D eigenvalue weighted by Crippen LogP contribution is -2.00. The Labute approximate surface area is 82.3 Å². The zero-order valence-corrected chi connectivity index (χ0v) is 8.86. The Kier molecular flexibility index (Phi) is 4.02. The number of carbonyl (C=O) groups excluding carboxylic acids is 1. The molecular weight excluding hydrogens is 184 g/mol. The van der Waals surface area contributed by atoms with Gasteiger partial charge in [0.2, 0.25) is 0 Å². The first kappa shape index (κ1) is 10.3. The van der Waals surface area contributed by atoms with Crippen molar-refractivity contribution in [3.63, 3.8) is 0 Å². The Morgan fingerprint density at radius 1 is 1.38 bits per heavy atom. The lowest BCUT2D eigenvalue weighted by Gasteiger charge is -1.96. The van der Waals surface area contributed by atoms with Crippen molar-refractivity contribution in [3.8, 4) is 0 Å². The fraction of sp³-hybridized carbons (Fsp3) is 0.667. The zero-order chi connectivity index (χ0) is 9.68. The van der Waals surface area contributed by atoms with Gasteiger partial charge in [0.25, 0.3) is 0 Å². The average Bonchev–Trinajstić information content (AvgIpc) is 2.54. The van der Waals surface area contributed by atoms with E-state index in [2.05, 4.69) is 16.5 Å². The second kappa shape index (κ2) is 5.07. The van der Waals surface area contributed by atoms with E-state index in [1.807, 2.05) is 6.92 Å². The minimum absolute atomic E-state index is 0.195. The molecule has 0 N–H and O–H groups in total. The van der Waals surface area contributed by atoms with Crippen LogP contribution in [0.2, 0.25) is 0 Å². The van der Waals surface area contributed by atoms with Crippen molar-refractivity contribution in [2.45, 2.75) is 39.5 Å². The van der Waals surface area contributed by atoms with Gasteiger partial charge in [-0.05, 0) is 24.4 Å². The minimum atomic E-state index is 0.195. The molecule has 4 heteroatoms. The molecular formula is C9H14N2OS. The summed E-state index contributed by atoms with van der Waals surface area (Å²) in [5, 5.41) is 3.96. The van der Waals surface area contributed by atoms with E-state index < -0.39 is 0 Å². The first-order valence-electron chi connectivity index (χ1n) is 4.64. The third kappa shape index (κ3) is 2.59. The second-order valence-electron chi connectivity index (χ2n) is 2.97. The molecule has 0 saturated carbocycles. The van der Waals surface area contributed by atoms with Gasteiger partial charge in [-0.1, -0.05) is 24.8 Å². The van der Waals surface area contributed by atoms with E-state index in [9.17, 15) is 4.79 Å². The number of rotatable bonds is 5. The summed E-state index contributed by atoms with van der Waals surface area (Å²) < 4.78 is 3.81. The zero-order valence-electron chi connectivity index (χ0n) is 8.04. The number of aromatic nitrogens is 2. The van der Waals surface area contributed by atoms with Crippen LogP contribution in [0.25, 0.3) is 0 Å². The quantitative estimate of drug-likeness (QED) is 0.683. The molecule has 0 atom stereocenters. The van der Waals surface area contributed by atoms with Gasteiger partial charge in [0.05, 0.1) is 5.69 Å².